The van der Waals surface area contributed by atoms with Gasteiger partial charge in [0.25, 0.3) is 0 Å². The first-order chi connectivity index (χ1) is 10.7. The van der Waals surface area contributed by atoms with Crippen LogP contribution in [0.1, 0.15) is 19.7 Å². The number of imidazole rings is 1. The van der Waals surface area contributed by atoms with Crippen LogP contribution >= 0.6 is 35.7 Å². The van der Waals surface area contributed by atoms with E-state index in [-0.39, 0.29) is 35.3 Å². The van der Waals surface area contributed by atoms with Crippen LogP contribution in [0.15, 0.2) is 17.4 Å². The lowest BCUT2D eigenvalue weighted by Crippen LogP contribution is -2.50. The molecule has 1 aliphatic heterocycles. The van der Waals surface area contributed by atoms with Crippen molar-refractivity contribution in [2.45, 2.75) is 37.9 Å². The molecule has 0 aliphatic carbocycles. The van der Waals surface area contributed by atoms with Gasteiger partial charge in [-0.05, 0) is 13.8 Å². The van der Waals surface area contributed by atoms with E-state index in [1.165, 1.54) is 12.4 Å². The number of nitrogens with zero attached hydrogens (tertiary/aromatic N) is 4. The van der Waals surface area contributed by atoms with E-state index in [1.807, 2.05) is 11.8 Å². The summed E-state index contributed by atoms with van der Waals surface area (Å²) in [5.74, 6) is 2.03. The predicted octanol–water partition coefficient (Wildman–Crippen LogP) is 2.97. The van der Waals surface area contributed by atoms with Crippen LogP contribution in [-0.4, -0.2) is 57.2 Å². The standard InChI is InChI=1S/C14H22F3N5S.HI/c1-13(2)9-22(6-7-23-13)12(18-3)20-8-11-19-4-5-21(11)10-14(15,16)17;/h4-5H,6-10H2,1-3H3,(H,18,20);1H. The Hall–Kier alpha value is -0.650. The molecule has 1 aromatic rings. The fraction of sp³-hybridized carbons (Fsp3) is 0.714. The number of guanidine groups is 1. The van der Waals surface area contributed by atoms with Gasteiger partial charge in [0.05, 0.1) is 6.54 Å². The van der Waals surface area contributed by atoms with E-state index in [1.54, 1.807) is 7.05 Å². The summed E-state index contributed by atoms with van der Waals surface area (Å²) in [7, 11) is 1.68. The third-order valence-corrected chi connectivity index (χ3v) is 4.79. The fourth-order valence-corrected chi connectivity index (χ4v) is 3.64. The molecule has 24 heavy (non-hydrogen) atoms. The van der Waals surface area contributed by atoms with E-state index in [2.05, 4.69) is 34.0 Å². The van der Waals surface area contributed by atoms with Gasteiger partial charge in [-0.15, -0.1) is 24.0 Å². The molecule has 10 heteroatoms. The van der Waals surface area contributed by atoms with Gasteiger partial charge in [0, 0.05) is 43.0 Å². The molecular weight excluding hydrogens is 454 g/mol. The van der Waals surface area contributed by atoms with Crippen molar-refractivity contribution in [3.63, 3.8) is 0 Å². The summed E-state index contributed by atoms with van der Waals surface area (Å²) in [6.45, 7) is 5.23. The first kappa shape index (κ1) is 21.4. The molecule has 0 unspecified atom stereocenters. The summed E-state index contributed by atoms with van der Waals surface area (Å²) < 4.78 is 38.8. The van der Waals surface area contributed by atoms with Gasteiger partial charge in [-0.2, -0.15) is 24.9 Å². The Morgan fingerprint density at radius 1 is 1.46 bits per heavy atom. The Balaban J connectivity index is 0.00000288. The number of nitrogens with one attached hydrogen (secondary N) is 1. The predicted molar refractivity (Wildman–Crippen MR) is 102 cm³/mol. The minimum absolute atomic E-state index is 0. The highest BCUT2D eigenvalue weighted by molar-refractivity contribution is 14.0. The van der Waals surface area contributed by atoms with Crippen molar-refractivity contribution in [1.82, 2.24) is 19.8 Å². The van der Waals surface area contributed by atoms with E-state index >= 15 is 0 Å². The lowest BCUT2D eigenvalue weighted by molar-refractivity contribution is -0.141. The van der Waals surface area contributed by atoms with Crippen molar-refractivity contribution in [1.29, 1.82) is 0 Å². The summed E-state index contributed by atoms with van der Waals surface area (Å²) >= 11 is 1.91. The largest absolute Gasteiger partial charge is 0.406 e. The SMILES string of the molecule is CN=C(NCc1nccn1CC(F)(F)F)N1CCSC(C)(C)C1.I. The molecule has 0 radical (unpaired) electrons. The molecule has 1 aromatic heterocycles. The number of hydrogen-bond acceptors (Lipinski definition) is 3. The zero-order valence-electron chi connectivity index (χ0n) is 13.9. The molecule has 138 valence electrons. The molecular formula is C14H23F3IN5S. The lowest BCUT2D eigenvalue weighted by Gasteiger charge is -2.39. The average molecular weight is 477 g/mol. The van der Waals surface area contributed by atoms with E-state index in [0.717, 1.165) is 23.4 Å². The molecule has 0 atom stereocenters. The van der Waals surface area contributed by atoms with Gasteiger partial charge < -0.3 is 14.8 Å². The highest BCUT2D eigenvalue weighted by Gasteiger charge is 2.30. The van der Waals surface area contributed by atoms with Crippen LogP contribution in [0.25, 0.3) is 0 Å². The Morgan fingerprint density at radius 2 is 2.17 bits per heavy atom. The molecule has 0 aromatic carbocycles. The summed E-state index contributed by atoms with van der Waals surface area (Å²) in [6, 6.07) is 0. The third-order valence-electron chi connectivity index (χ3n) is 3.49. The lowest BCUT2D eigenvalue weighted by atomic mass is 10.2. The zero-order chi connectivity index (χ0) is 17.1. The van der Waals surface area contributed by atoms with Crippen LogP contribution in [0.2, 0.25) is 0 Å². The highest BCUT2D eigenvalue weighted by atomic mass is 127. The number of hydrogen-bond donors (Lipinski definition) is 1. The van der Waals surface area contributed by atoms with Crippen LogP contribution in [0.5, 0.6) is 0 Å². The number of aromatic nitrogens is 2. The van der Waals surface area contributed by atoms with Crippen molar-refractivity contribution in [2.75, 3.05) is 25.9 Å². The van der Waals surface area contributed by atoms with Gasteiger partial charge in [0.2, 0.25) is 0 Å². The van der Waals surface area contributed by atoms with E-state index in [4.69, 9.17) is 0 Å². The van der Waals surface area contributed by atoms with Crippen LogP contribution in [-0.2, 0) is 13.1 Å². The third kappa shape index (κ3) is 6.34. The first-order valence-electron chi connectivity index (χ1n) is 7.36. The molecule has 5 nitrogen and oxygen atoms in total. The summed E-state index contributed by atoms with van der Waals surface area (Å²) in [5.41, 5.74) is 0. The van der Waals surface area contributed by atoms with E-state index in [0.29, 0.717) is 11.8 Å². The molecule has 1 aliphatic rings. The van der Waals surface area contributed by atoms with Gasteiger partial charge >= 0.3 is 6.18 Å². The number of aliphatic imine (C=N–C) groups is 1. The average Bonchev–Trinajstić information content (AvgIpc) is 2.83. The fourth-order valence-electron chi connectivity index (χ4n) is 2.53. The topological polar surface area (TPSA) is 45.5 Å². The van der Waals surface area contributed by atoms with Crippen LogP contribution in [0, 0.1) is 0 Å². The number of halogens is 4. The monoisotopic (exact) mass is 477 g/mol. The zero-order valence-corrected chi connectivity index (χ0v) is 17.1. The van der Waals surface area contributed by atoms with E-state index < -0.39 is 12.7 Å². The van der Waals surface area contributed by atoms with Crippen molar-refractivity contribution in [3.05, 3.63) is 18.2 Å². The molecule has 2 rings (SSSR count). The quantitative estimate of drug-likeness (QED) is 0.413. The summed E-state index contributed by atoms with van der Waals surface area (Å²) in [6.07, 6.45) is -1.54. The second kappa shape index (κ2) is 8.63. The minimum Gasteiger partial charge on any atom is -0.349 e. The molecule has 1 N–H and O–H groups in total. The molecule has 0 amide bonds. The molecule has 0 spiro atoms. The second-order valence-electron chi connectivity index (χ2n) is 6.02. The van der Waals surface area contributed by atoms with Crippen molar-refractivity contribution in [2.24, 2.45) is 4.99 Å². The first-order valence-corrected chi connectivity index (χ1v) is 8.35. The maximum absolute atomic E-state index is 12.5. The maximum atomic E-state index is 12.5. The molecule has 1 saturated heterocycles. The van der Waals surface area contributed by atoms with Gasteiger partial charge in [-0.25, -0.2) is 4.98 Å². The Labute approximate surface area is 161 Å². The van der Waals surface area contributed by atoms with Gasteiger partial charge in [0.1, 0.15) is 12.4 Å². The molecule has 0 bridgehead atoms. The van der Waals surface area contributed by atoms with Crippen LogP contribution in [0.3, 0.4) is 0 Å². The minimum atomic E-state index is -4.26. The smallest absolute Gasteiger partial charge is 0.349 e. The van der Waals surface area contributed by atoms with Crippen LogP contribution in [0.4, 0.5) is 13.2 Å². The second-order valence-corrected chi connectivity index (χ2v) is 7.82. The van der Waals surface area contributed by atoms with E-state index in [9.17, 15) is 13.2 Å². The van der Waals surface area contributed by atoms with Gasteiger partial charge in [-0.3, -0.25) is 4.99 Å². The number of alkyl halides is 3. The highest BCUT2D eigenvalue weighted by Crippen LogP contribution is 2.29. The molecule has 1 fully saturated rings. The Kier molecular flexibility index (Phi) is 7.70. The van der Waals surface area contributed by atoms with Gasteiger partial charge in [0.15, 0.2) is 5.96 Å². The van der Waals surface area contributed by atoms with Crippen molar-refractivity contribution in [3.8, 4) is 0 Å². The Bertz CT molecular complexity index is 559. The maximum Gasteiger partial charge on any atom is 0.406 e. The normalized spacial score (nSPS) is 18.2. The molecule has 0 saturated carbocycles. The van der Waals surface area contributed by atoms with Gasteiger partial charge in [-0.1, -0.05) is 0 Å². The van der Waals surface area contributed by atoms with Crippen molar-refractivity contribution < 1.29 is 13.2 Å². The number of rotatable bonds is 3. The summed E-state index contributed by atoms with van der Waals surface area (Å²) in [4.78, 5) is 10.4. The van der Waals surface area contributed by atoms with Crippen molar-refractivity contribution >= 4 is 41.7 Å². The Morgan fingerprint density at radius 3 is 2.75 bits per heavy atom. The summed E-state index contributed by atoms with van der Waals surface area (Å²) in [5, 5.41) is 3.12. The molecule has 2 heterocycles. The number of thioether (sulfide) groups is 1. The van der Waals surface area contributed by atoms with Crippen LogP contribution < -0.4 is 5.32 Å².